The van der Waals surface area contributed by atoms with Crippen LogP contribution in [0.5, 0.6) is 5.75 Å². The van der Waals surface area contributed by atoms with Gasteiger partial charge in [-0.1, -0.05) is 42.5 Å². The van der Waals surface area contributed by atoms with Crippen LogP contribution in [0.25, 0.3) is 12.2 Å². The molecule has 6 rings (SSSR count). The van der Waals surface area contributed by atoms with Gasteiger partial charge in [0.05, 0.1) is 26.9 Å². The molecule has 4 aromatic carbocycles. The molecule has 0 aliphatic carbocycles. The predicted octanol–water partition coefficient (Wildman–Crippen LogP) is 5.04. The molecule has 0 unspecified atom stereocenters. The molecule has 2 heterocycles. The molecule has 2 fully saturated rings. The van der Waals surface area contributed by atoms with Gasteiger partial charge >= 0.3 is 11.9 Å². The highest BCUT2D eigenvalue weighted by Crippen LogP contribution is 2.31. The van der Waals surface area contributed by atoms with Crippen LogP contribution >= 0.6 is 0 Å². The Bertz CT molecular complexity index is 1840. The van der Waals surface area contributed by atoms with E-state index in [1.807, 2.05) is 12.1 Å². The summed E-state index contributed by atoms with van der Waals surface area (Å²) in [5, 5.41) is 15.5. The number of carbonyl (C=O) groups is 4. The van der Waals surface area contributed by atoms with Gasteiger partial charge in [-0.15, -0.1) is 0 Å². The lowest BCUT2D eigenvalue weighted by atomic mass is 10.1. The van der Waals surface area contributed by atoms with E-state index in [-0.39, 0.29) is 31.6 Å². The fourth-order valence-electron chi connectivity index (χ4n) is 5.82. The van der Waals surface area contributed by atoms with Crippen molar-refractivity contribution in [3.05, 3.63) is 137 Å². The van der Waals surface area contributed by atoms with Crippen LogP contribution in [-0.4, -0.2) is 73.6 Å². The molecule has 266 valence electrons. The highest BCUT2D eigenvalue weighted by atomic mass is 16.7. The van der Waals surface area contributed by atoms with Crippen LogP contribution in [0.15, 0.2) is 109 Å². The number of benzene rings is 4. The van der Waals surface area contributed by atoms with Gasteiger partial charge in [-0.25, -0.2) is 9.59 Å². The second kappa shape index (κ2) is 16.8. The standard InChI is InChI=1S/C40H36N2O10/c1-48-32-21-31(42-40(47)28-10-6-3-7-11-28)17-13-26(32)15-19-36(45)52-34-24-50-37-33(23-49-38(34)37)51-35(44)18-14-25-12-16-30(20-29(25)22-43)41-39(46)27-8-4-2-5-9-27/h2-21,33-34,37-38,43H,22-24H2,1H3,(H,41,46)(H,42,47)/b18-14+,19-15+/t33-,34+,37-,38-/m1/s1. The monoisotopic (exact) mass is 704 g/mol. The summed E-state index contributed by atoms with van der Waals surface area (Å²) in [6.07, 6.45) is 2.86. The Labute approximate surface area is 299 Å². The Morgan fingerprint density at radius 1 is 0.692 bits per heavy atom. The van der Waals surface area contributed by atoms with Crippen LogP contribution in [-0.2, 0) is 35.1 Å². The number of methoxy groups -OCH3 is 1. The van der Waals surface area contributed by atoms with E-state index in [2.05, 4.69) is 10.6 Å². The third-order valence-corrected chi connectivity index (χ3v) is 8.43. The Kier molecular flexibility index (Phi) is 11.5. The summed E-state index contributed by atoms with van der Waals surface area (Å²) in [6.45, 7) is -0.201. The fourth-order valence-corrected chi connectivity index (χ4v) is 5.82. The summed E-state index contributed by atoms with van der Waals surface area (Å²) in [4.78, 5) is 50.5. The van der Waals surface area contributed by atoms with Crippen LogP contribution in [0.2, 0.25) is 0 Å². The highest BCUT2D eigenvalue weighted by Gasteiger charge is 2.51. The van der Waals surface area contributed by atoms with Crippen molar-refractivity contribution in [1.29, 1.82) is 0 Å². The zero-order valence-corrected chi connectivity index (χ0v) is 28.1. The number of hydrogen-bond acceptors (Lipinski definition) is 10. The number of ether oxygens (including phenoxy) is 5. The van der Waals surface area contributed by atoms with E-state index >= 15 is 0 Å². The molecule has 12 nitrogen and oxygen atoms in total. The summed E-state index contributed by atoms with van der Waals surface area (Å²) in [6, 6.07) is 27.6. The summed E-state index contributed by atoms with van der Waals surface area (Å²) in [5.41, 5.74) is 3.69. The van der Waals surface area contributed by atoms with Crippen molar-refractivity contribution < 1.29 is 48.0 Å². The van der Waals surface area contributed by atoms with Gasteiger partial charge in [0.25, 0.3) is 11.8 Å². The number of esters is 2. The van der Waals surface area contributed by atoms with Crippen molar-refractivity contribution >= 4 is 47.3 Å². The van der Waals surface area contributed by atoms with Gasteiger partial charge in [0, 0.05) is 46.3 Å². The largest absolute Gasteiger partial charge is 0.496 e. The van der Waals surface area contributed by atoms with E-state index in [0.717, 1.165) is 0 Å². The first kappa shape index (κ1) is 35.7. The second-order valence-corrected chi connectivity index (χ2v) is 11.9. The van der Waals surface area contributed by atoms with E-state index in [0.29, 0.717) is 44.9 Å². The average molecular weight is 705 g/mol. The van der Waals surface area contributed by atoms with Gasteiger partial charge in [-0.3, -0.25) is 9.59 Å². The molecule has 2 aliphatic rings. The van der Waals surface area contributed by atoms with E-state index in [1.54, 1.807) is 91.0 Å². The number of rotatable bonds is 12. The first-order valence-electron chi connectivity index (χ1n) is 16.5. The lowest BCUT2D eigenvalue weighted by Crippen LogP contribution is -2.35. The topological polar surface area (TPSA) is 159 Å². The van der Waals surface area contributed by atoms with Crippen LogP contribution in [0, 0.1) is 0 Å². The number of nitrogens with one attached hydrogen (secondary N) is 2. The Morgan fingerprint density at radius 2 is 1.17 bits per heavy atom. The van der Waals surface area contributed by atoms with Crippen molar-refractivity contribution in [2.75, 3.05) is 31.0 Å². The molecule has 2 amide bonds. The van der Waals surface area contributed by atoms with Crippen molar-refractivity contribution in [2.24, 2.45) is 0 Å². The van der Waals surface area contributed by atoms with Crippen molar-refractivity contribution in [2.45, 2.75) is 31.0 Å². The zero-order valence-electron chi connectivity index (χ0n) is 28.1. The molecule has 3 N–H and O–H groups in total. The maximum absolute atomic E-state index is 12.7. The number of fused-ring (bicyclic) bond motifs is 1. The van der Waals surface area contributed by atoms with Gasteiger partial charge in [-0.2, -0.15) is 0 Å². The Balaban J connectivity index is 0.990. The van der Waals surface area contributed by atoms with Crippen LogP contribution in [0.1, 0.15) is 37.4 Å². The summed E-state index contributed by atoms with van der Waals surface area (Å²) in [7, 11) is 1.49. The molecule has 2 aliphatic heterocycles. The van der Waals surface area contributed by atoms with Crippen molar-refractivity contribution in [1.82, 2.24) is 0 Å². The number of aliphatic hydroxyl groups excluding tert-OH is 1. The normalized spacial score (nSPS) is 19.3. The lowest BCUT2D eigenvalue weighted by Gasteiger charge is -2.16. The molecule has 0 radical (unpaired) electrons. The second-order valence-electron chi connectivity index (χ2n) is 11.9. The van der Waals surface area contributed by atoms with E-state index in [1.165, 1.54) is 25.3 Å². The number of aliphatic hydroxyl groups is 1. The minimum atomic E-state index is -0.723. The van der Waals surface area contributed by atoms with Gasteiger partial charge in [0.1, 0.15) is 18.0 Å². The molecule has 0 bridgehead atoms. The van der Waals surface area contributed by atoms with Crippen molar-refractivity contribution in [3.63, 3.8) is 0 Å². The molecule has 12 heteroatoms. The maximum atomic E-state index is 12.7. The highest BCUT2D eigenvalue weighted by molar-refractivity contribution is 6.05. The Morgan fingerprint density at radius 3 is 1.67 bits per heavy atom. The molecular weight excluding hydrogens is 668 g/mol. The van der Waals surface area contributed by atoms with E-state index < -0.39 is 36.4 Å². The minimum absolute atomic E-state index is 0.0564. The van der Waals surface area contributed by atoms with Crippen LogP contribution in [0.4, 0.5) is 11.4 Å². The summed E-state index contributed by atoms with van der Waals surface area (Å²) >= 11 is 0. The third kappa shape index (κ3) is 8.79. The lowest BCUT2D eigenvalue weighted by molar-refractivity contribution is -0.149. The zero-order chi connectivity index (χ0) is 36.5. The van der Waals surface area contributed by atoms with E-state index in [9.17, 15) is 24.3 Å². The predicted molar refractivity (Wildman–Crippen MR) is 191 cm³/mol. The van der Waals surface area contributed by atoms with E-state index in [4.69, 9.17) is 23.7 Å². The van der Waals surface area contributed by atoms with Crippen LogP contribution < -0.4 is 15.4 Å². The van der Waals surface area contributed by atoms with Gasteiger partial charge < -0.3 is 39.4 Å². The molecule has 0 spiro atoms. The van der Waals surface area contributed by atoms with Gasteiger partial charge in [0.2, 0.25) is 0 Å². The molecule has 4 aromatic rings. The quantitative estimate of drug-likeness (QED) is 0.135. The van der Waals surface area contributed by atoms with Gasteiger partial charge in [0.15, 0.2) is 12.2 Å². The molecule has 2 saturated heterocycles. The summed E-state index contributed by atoms with van der Waals surface area (Å²) in [5.74, 6) is -1.39. The average Bonchev–Trinajstić information content (AvgIpc) is 3.76. The molecule has 4 atom stereocenters. The number of anilines is 2. The SMILES string of the molecule is COc1cc(NC(=O)c2ccccc2)ccc1/C=C/C(=O)O[C@H]1CO[C@H]2[C@@H]1OC[C@H]2OC(=O)/C=C/c1ccc(NC(=O)c2ccccc2)cc1CO. The third-order valence-electron chi connectivity index (χ3n) is 8.43. The van der Waals surface area contributed by atoms with Gasteiger partial charge in [-0.05, 0) is 71.8 Å². The number of hydrogen-bond donors (Lipinski definition) is 3. The first-order chi connectivity index (χ1) is 25.3. The molecule has 52 heavy (non-hydrogen) atoms. The van der Waals surface area contributed by atoms with Crippen molar-refractivity contribution in [3.8, 4) is 5.75 Å². The Hall–Kier alpha value is -6.08. The minimum Gasteiger partial charge on any atom is -0.496 e. The summed E-state index contributed by atoms with van der Waals surface area (Å²) < 4.78 is 28.3. The molecule has 0 aromatic heterocycles. The molecule has 0 saturated carbocycles. The number of amides is 2. The smallest absolute Gasteiger partial charge is 0.331 e. The molecular formula is C40H36N2O10. The van der Waals surface area contributed by atoms with Crippen LogP contribution in [0.3, 0.4) is 0 Å². The fraction of sp³-hybridized carbons (Fsp3) is 0.200. The maximum Gasteiger partial charge on any atom is 0.331 e. The number of carbonyl (C=O) groups excluding carboxylic acids is 4. The first-order valence-corrected chi connectivity index (χ1v) is 16.5.